The van der Waals surface area contributed by atoms with Gasteiger partial charge in [-0.15, -0.1) is 0 Å². The average molecular weight is 432 g/mol. The van der Waals surface area contributed by atoms with Gasteiger partial charge in [-0.1, -0.05) is 53.0 Å². The number of halogens is 2. The van der Waals surface area contributed by atoms with Crippen LogP contribution in [0.5, 0.6) is 0 Å². The zero-order valence-electron chi connectivity index (χ0n) is 16.1. The van der Waals surface area contributed by atoms with Crippen LogP contribution in [0.3, 0.4) is 0 Å². The van der Waals surface area contributed by atoms with Crippen molar-refractivity contribution in [1.29, 1.82) is 0 Å². The summed E-state index contributed by atoms with van der Waals surface area (Å²) in [5.74, 6) is -0.996. The summed E-state index contributed by atoms with van der Waals surface area (Å²) < 4.78 is 6.27. The number of carbonyl (C=O) groups excluding carboxylic acids is 2. The van der Waals surface area contributed by atoms with E-state index in [0.717, 1.165) is 11.1 Å². The largest absolute Gasteiger partial charge is 0.465 e. The SMILES string of the molecule is COC(=O)c1ccc(Cl)c(NC(=O)c2c(C)nn(Cc3ccc(C)cc3)c2Cl)c1. The minimum absolute atomic E-state index is 0.223. The van der Waals surface area contributed by atoms with Crippen molar-refractivity contribution in [3.05, 3.63) is 80.6 Å². The van der Waals surface area contributed by atoms with Gasteiger partial charge in [-0.2, -0.15) is 5.10 Å². The number of nitrogens with one attached hydrogen (secondary N) is 1. The van der Waals surface area contributed by atoms with Crippen molar-refractivity contribution >= 4 is 40.8 Å². The molecule has 0 radical (unpaired) electrons. The van der Waals surface area contributed by atoms with E-state index in [1.54, 1.807) is 11.6 Å². The zero-order valence-corrected chi connectivity index (χ0v) is 17.6. The van der Waals surface area contributed by atoms with Gasteiger partial charge in [-0.05, 0) is 37.6 Å². The fourth-order valence-electron chi connectivity index (χ4n) is 2.83. The van der Waals surface area contributed by atoms with E-state index >= 15 is 0 Å². The third kappa shape index (κ3) is 4.60. The summed E-state index contributed by atoms with van der Waals surface area (Å²) in [5, 5.41) is 7.59. The van der Waals surface area contributed by atoms with Crippen molar-refractivity contribution < 1.29 is 14.3 Å². The number of anilines is 1. The molecule has 0 saturated carbocycles. The Labute approximate surface area is 178 Å². The molecule has 150 valence electrons. The molecule has 2 aromatic carbocycles. The normalized spacial score (nSPS) is 10.7. The predicted octanol–water partition coefficient (Wildman–Crippen LogP) is 4.89. The lowest BCUT2D eigenvalue weighted by Crippen LogP contribution is -2.14. The number of hydrogen-bond acceptors (Lipinski definition) is 4. The van der Waals surface area contributed by atoms with Crippen LogP contribution in [-0.4, -0.2) is 28.8 Å². The fraction of sp³-hybridized carbons (Fsp3) is 0.190. The summed E-state index contributed by atoms with van der Waals surface area (Å²) in [5.41, 5.74) is 3.45. The van der Waals surface area contributed by atoms with Crippen molar-refractivity contribution in [1.82, 2.24) is 9.78 Å². The molecule has 0 bridgehead atoms. The molecule has 0 aliphatic carbocycles. The van der Waals surface area contributed by atoms with Crippen LogP contribution in [0.2, 0.25) is 10.2 Å². The third-order valence-corrected chi connectivity index (χ3v) is 5.09. The van der Waals surface area contributed by atoms with Crippen molar-refractivity contribution in [3.63, 3.8) is 0 Å². The van der Waals surface area contributed by atoms with Crippen LogP contribution >= 0.6 is 23.2 Å². The highest BCUT2D eigenvalue weighted by atomic mass is 35.5. The lowest BCUT2D eigenvalue weighted by molar-refractivity contribution is 0.0600. The summed E-state index contributed by atoms with van der Waals surface area (Å²) in [6.45, 7) is 4.16. The topological polar surface area (TPSA) is 73.2 Å². The van der Waals surface area contributed by atoms with Gasteiger partial charge in [-0.25, -0.2) is 9.48 Å². The van der Waals surface area contributed by atoms with E-state index in [1.165, 1.54) is 25.3 Å². The number of amides is 1. The van der Waals surface area contributed by atoms with Crippen molar-refractivity contribution in [3.8, 4) is 0 Å². The van der Waals surface area contributed by atoms with Crippen LogP contribution in [0.25, 0.3) is 0 Å². The van der Waals surface area contributed by atoms with Crippen LogP contribution in [0, 0.1) is 13.8 Å². The average Bonchev–Trinajstić information content (AvgIpc) is 2.97. The summed E-state index contributed by atoms with van der Waals surface area (Å²) in [7, 11) is 1.28. The molecule has 0 saturated heterocycles. The maximum atomic E-state index is 12.8. The molecule has 0 aliphatic rings. The molecule has 3 aromatic rings. The smallest absolute Gasteiger partial charge is 0.337 e. The highest BCUT2D eigenvalue weighted by molar-refractivity contribution is 6.35. The molecule has 0 fully saturated rings. The van der Waals surface area contributed by atoms with Crippen LogP contribution in [0.15, 0.2) is 42.5 Å². The summed E-state index contributed by atoms with van der Waals surface area (Å²) >= 11 is 12.6. The molecule has 0 unspecified atom stereocenters. The number of aryl methyl sites for hydroxylation is 2. The maximum absolute atomic E-state index is 12.8. The van der Waals surface area contributed by atoms with E-state index in [-0.39, 0.29) is 27.0 Å². The number of aromatic nitrogens is 2. The lowest BCUT2D eigenvalue weighted by atomic mass is 10.1. The third-order valence-electron chi connectivity index (χ3n) is 4.38. The predicted molar refractivity (Wildman–Crippen MR) is 113 cm³/mol. The number of nitrogens with zero attached hydrogens (tertiary/aromatic N) is 2. The Kier molecular flexibility index (Phi) is 6.25. The Morgan fingerprint density at radius 1 is 1.10 bits per heavy atom. The molecule has 6 nitrogen and oxygen atoms in total. The number of benzene rings is 2. The van der Waals surface area contributed by atoms with Crippen LogP contribution in [0.4, 0.5) is 5.69 Å². The number of rotatable bonds is 5. The summed E-state index contributed by atoms with van der Waals surface area (Å²) in [4.78, 5) is 24.6. The van der Waals surface area contributed by atoms with E-state index in [9.17, 15) is 9.59 Å². The Morgan fingerprint density at radius 3 is 2.45 bits per heavy atom. The Morgan fingerprint density at radius 2 is 1.79 bits per heavy atom. The van der Waals surface area contributed by atoms with Gasteiger partial charge in [-0.3, -0.25) is 4.79 Å². The van der Waals surface area contributed by atoms with Gasteiger partial charge in [0.15, 0.2) is 0 Å². The highest BCUT2D eigenvalue weighted by Crippen LogP contribution is 2.27. The molecular formula is C21H19Cl2N3O3. The van der Waals surface area contributed by atoms with Gasteiger partial charge in [0.2, 0.25) is 0 Å². The van der Waals surface area contributed by atoms with Gasteiger partial charge in [0.05, 0.1) is 41.2 Å². The Bertz CT molecular complexity index is 1080. The van der Waals surface area contributed by atoms with Crippen LogP contribution < -0.4 is 5.32 Å². The number of esters is 1. The molecule has 1 heterocycles. The second kappa shape index (κ2) is 8.68. The van der Waals surface area contributed by atoms with Crippen molar-refractivity contribution in [2.75, 3.05) is 12.4 Å². The van der Waals surface area contributed by atoms with E-state index in [0.29, 0.717) is 12.2 Å². The quantitative estimate of drug-likeness (QED) is 0.583. The molecule has 29 heavy (non-hydrogen) atoms. The molecule has 1 amide bonds. The molecule has 1 N–H and O–H groups in total. The number of carbonyl (C=O) groups is 2. The lowest BCUT2D eigenvalue weighted by Gasteiger charge is -2.09. The van der Waals surface area contributed by atoms with Gasteiger partial charge in [0.1, 0.15) is 5.15 Å². The maximum Gasteiger partial charge on any atom is 0.337 e. The van der Waals surface area contributed by atoms with E-state index in [1.807, 2.05) is 31.2 Å². The van der Waals surface area contributed by atoms with Gasteiger partial charge in [0, 0.05) is 0 Å². The molecule has 8 heteroatoms. The first-order chi connectivity index (χ1) is 13.8. The molecule has 0 aliphatic heterocycles. The molecule has 0 spiro atoms. The van der Waals surface area contributed by atoms with Crippen molar-refractivity contribution in [2.45, 2.75) is 20.4 Å². The van der Waals surface area contributed by atoms with Crippen LogP contribution in [0.1, 0.15) is 37.5 Å². The zero-order chi connectivity index (χ0) is 21.1. The summed E-state index contributed by atoms with van der Waals surface area (Å²) in [6.07, 6.45) is 0. The molecule has 3 rings (SSSR count). The first-order valence-corrected chi connectivity index (χ1v) is 9.53. The van der Waals surface area contributed by atoms with E-state index in [4.69, 9.17) is 27.9 Å². The van der Waals surface area contributed by atoms with E-state index < -0.39 is 11.9 Å². The van der Waals surface area contributed by atoms with Gasteiger partial charge < -0.3 is 10.1 Å². The van der Waals surface area contributed by atoms with Gasteiger partial charge in [0.25, 0.3) is 5.91 Å². The second-order valence-corrected chi connectivity index (χ2v) is 7.30. The first-order valence-electron chi connectivity index (χ1n) is 8.77. The minimum atomic E-state index is -0.530. The fourth-order valence-corrected chi connectivity index (χ4v) is 3.32. The number of methoxy groups -OCH3 is 1. The standard InChI is InChI=1S/C21H19Cl2N3O3/c1-12-4-6-14(7-5-12)11-26-19(23)18(13(2)25-26)20(27)24-17-10-15(21(28)29-3)8-9-16(17)22/h4-10H,11H2,1-3H3,(H,24,27). The van der Waals surface area contributed by atoms with Crippen molar-refractivity contribution in [2.24, 2.45) is 0 Å². The first kappa shape index (κ1) is 20.9. The monoisotopic (exact) mass is 431 g/mol. The van der Waals surface area contributed by atoms with Gasteiger partial charge >= 0.3 is 5.97 Å². The second-order valence-electron chi connectivity index (χ2n) is 6.53. The molecule has 1 aromatic heterocycles. The Balaban J connectivity index is 1.86. The number of ether oxygens (including phenoxy) is 1. The van der Waals surface area contributed by atoms with E-state index in [2.05, 4.69) is 10.4 Å². The molecular weight excluding hydrogens is 413 g/mol. The minimum Gasteiger partial charge on any atom is -0.465 e. The van der Waals surface area contributed by atoms with Crippen LogP contribution in [-0.2, 0) is 11.3 Å². The highest BCUT2D eigenvalue weighted by Gasteiger charge is 2.22. The Hall–Kier alpha value is -2.83. The molecule has 0 atom stereocenters. The number of hydrogen-bond donors (Lipinski definition) is 1. The summed E-state index contributed by atoms with van der Waals surface area (Å²) in [6, 6.07) is 12.5.